The quantitative estimate of drug-likeness (QED) is 0.346. The molecule has 0 aromatic heterocycles. The lowest BCUT2D eigenvalue weighted by molar-refractivity contribution is -0.164. The molecule has 12 heteroatoms. The monoisotopic (exact) mass is 603 g/mol. The Morgan fingerprint density at radius 2 is 1.51 bits per heavy atom. The Morgan fingerprint density at radius 3 is 2.12 bits per heavy atom. The molecule has 2 fully saturated rings. The van der Waals surface area contributed by atoms with Crippen molar-refractivity contribution in [1.82, 2.24) is 9.80 Å². The molecule has 1 amide bonds. The summed E-state index contributed by atoms with van der Waals surface area (Å²) in [5.41, 5.74) is -3.42. The minimum absolute atomic E-state index is 0.106. The summed E-state index contributed by atoms with van der Waals surface area (Å²) in [5.74, 6) is -2.48. The van der Waals surface area contributed by atoms with E-state index >= 15 is 0 Å². The summed E-state index contributed by atoms with van der Waals surface area (Å²) < 4.78 is 92.4. The molecular formula is C29H35F6N3O2S. The number of hydrogen-bond donors (Lipinski definition) is 1. The Labute approximate surface area is 240 Å². The highest BCUT2D eigenvalue weighted by molar-refractivity contribution is 7.99. The van der Waals surface area contributed by atoms with Gasteiger partial charge in [0, 0.05) is 40.5 Å². The third kappa shape index (κ3) is 7.50. The minimum Gasteiger partial charge on any atom is -0.381 e. The number of benzene rings is 2. The summed E-state index contributed by atoms with van der Waals surface area (Å²) in [6, 6.07) is 9.03. The van der Waals surface area contributed by atoms with Gasteiger partial charge in [0.25, 0.3) is 0 Å². The van der Waals surface area contributed by atoms with E-state index in [-0.39, 0.29) is 19.1 Å². The van der Waals surface area contributed by atoms with E-state index in [4.69, 9.17) is 4.74 Å². The Kier molecular flexibility index (Phi) is 9.85. The standard InChI is InChI=1S/C29H35F6N3O2S/c1-18(19(2)27(39)38-14-16-40-17-15-38)21-8-9-24(26(29(33,34)35)25(21)28(30,31)32)41-23-7-5-4-6-22(23)36-20-10-12-37(3)13-11-20/h4-9,18-20,36H,10-17H2,1-3H3. The first-order chi connectivity index (χ1) is 19.3. The minimum atomic E-state index is -5.29. The highest BCUT2D eigenvalue weighted by Crippen LogP contribution is 2.50. The largest absolute Gasteiger partial charge is 0.418 e. The Morgan fingerprint density at radius 1 is 0.902 bits per heavy atom. The number of nitrogens with one attached hydrogen (secondary N) is 1. The molecule has 0 saturated carbocycles. The van der Waals surface area contributed by atoms with Crippen LogP contribution in [0.1, 0.15) is 49.3 Å². The number of piperidine rings is 1. The zero-order chi connectivity index (χ0) is 29.9. The van der Waals surface area contributed by atoms with Gasteiger partial charge in [-0.05, 0) is 62.7 Å². The van der Waals surface area contributed by atoms with E-state index in [9.17, 15) is 31.1 Å². The molecule has 2 aliphatic rings. The number of para-hydroxylation sites is 1. The third-order valence-corrected chi connectivity index (χ3v) is 9.04. The molecule has 2 atom stereocenters. The summed E-state index contributed by atoms with van der Waals surface area (Å²) >= 11 is 0.663. The van der Waals surface area contributed by atoms with Crippen LogP contribution in [0.5, 0.6) is 0 Å². The average molecular weight is 604 g/mol. The van der Waals surface area contributed by atoms with Gasteiger partial charge in [-0.1, -0.05) is 43.8 Å². The van der Waals surface area contributed by atoms with Crippen molar-refractivity contribution in [1.29, 1.82) is 0 Å². The van der Waals surface area contributed by atoms with Crippen LogP contribution in [0.2, 0.25) is 0 Å². The van der Waals surface area contributed by atoms with Crippen molar-refractivity contribution in [2.75, 3.05) is 51.8 Å². The van der Waals surface area contributed by atoms with Crippen molar-refractivity contribution in [2.24, 2.45) is 5.92 Å². The number of alkyl halides is 6. The Bertz CT molecular complexity index is 1210. The van der Waals surface area contributed by atoms with Crippen LogP contribution in [-0.4, -0.2) is 68.2 Å². The lowest BCUT2D eigenvalue weighted by atomic mass is 9.83. The van der Waals surface area contributed by atoms with Crippen molar-refractivity contribution in [3.05, 3.63) is 53.1 Å². The fourth-order valence-corrected chi connectivity index (χ4v) is 6.45. The van der Waals surface area contributed by atoms with Crippen LogP contribution in [0, 0.1) is 5.92 Å². The highest BCUT2D eigenvalue weighted by atomic mass is 32.2. The number of carbonyl (C=O) groups is 1. The SMILES string of the molecule is CC(C(=O)N1CCOCC1)C(C)c1ccc(Sc2ccccc2NC2CCN(C)CC2)c(C(F)(F)F)c1C(F)(F)F. The van der Waals surface area contributed by atoms with Crippen molar-refractivity contribution < 1.29 is 35.9 Å². The van der Waals surface area contributed by atoms with Crippen LogP contribution in [0.3, 0.4) is 0 Å². The molecule has 41 heavy (non-hydrogen) atoms. The highest BCUT2D eigenvalue weighted by Gasteiger charge is 2.48. The van der Waals surface area contributed by atoms with Gasteiger partial charge in [0.05, 0.1) is 24.3 Å². The molecule has 5 nitrogen and oxygen atoms in total. The maximum absolute atomic E-state index is 14.5. The first kappa shape index (κ1) is 31.5. The van der Waals surface area contributed by atoms with Crippen LogP contribution in [-0.2, 0) is 21.9 Å². The number of hydrogen-bond acceptors (Lipinski definition) is 5. The van der Waals surface area contributed by atoms with Crippen LogP contribution in [0.25, 0.3) is 0 Å². The summed E-state index contributed by atoms with van der Waals surface area (Å²) in [7, 11) is 2.01. The number of halogens is 6. The molecule has 2 aromatic carbocycles. The molecular weight excluding hydrogens is 568 g/mol. The van der Waals surface area contributed by atoms with Gasteiger partial charge in [0.15, 0.2) is 0 Å². The number of amides is 1. The van der Waals surface area contributed by atoms with E-state index in [0.29, 0.717) is 35.6 Å². The molecule has 2 saturated heterocycles. The van der Waals surface area contributed by atoms with Gasteiger partial charge in [-0.15, -0.1) is 0 Å². The molecule has 2 aromatic rings. The first-order valence-electron chi connectivity index (χ1n) is 13.7. The average Bonchev–Trinajstić information content (AvgIpc) is 2.93. The normalized spacial score (nSPS) is 19.2. The molecule has 0 bridgehead atoms. The zero-order valence-corrected chi connectivity index (χ0v) is 24.1. The van der Waals surface area contributed by atoms with Gasteiger partial charge >= 0.3 is 12.4 Å². The van der Waals surface area contributed by atoms with Gasteiger partial charge in [-0.25, -0.2) is 0 Å². The molecule has 2 unspecified atom stereocenters. The topological polar surface area (TPSA) is 44.8 Å². The number of likely N-dealkylation sites (tertiary alicyclic amines) is 1. The molecule has 4 rings (SSSR count). The summed E-state index contributed by atoms with van der Waals surface area (Å²) in [4.78, 5) is 16.6. The predicted octanol–water partition coefficient (Wildman–Crippen LogP) is 6.98. The lowest BCUT2D eigenvalue weighted by Gasteiger charge is -2.32. The number of carbonyl (C=O) groups excluding carboxylic acids is 1. The van der Waals surface area contributed by atoms with Crippen molar-refractivity contribution in [3.63, 3.8) is 0 Å². The van der Waals surface area contributed by atoms with E-state index in [2.05, 4.69) is 10.2 Å². The lowest BCUT2D eigenvalue weighted by Crippen LogP contribution is -2.44. The summed E-state index contributed by atoms with van der Waals surface area (Å²) in [5, 5.41) is 3.38. The second-order valence-electron chi connectivity index (χ2n) is 10.7. The number of nitrogens with zero attached hydrogens (tertiary/aromatic N) is 2. The molecule has 2 heterocycles. The zero-order valence-electron chi connectivity index (χ0n) is 23.2. The smallest absolute Gasteiger partial charge is 0.381 e. The molecule has 1 N–H and O–H groups in total. The van der Waals surface area contributed by atoms with Crippen LogP contribution in [0.4, 0.5) is 32.0 Å². The fraction of sp³-hybridized carbons (Fsp3) is 0.552. The van der Waals surface area contributed by atoms with Crippen molar-refractivity contribution >= 4 is 23.4 Å². The van der Waals surface area contributed by atoms with Gasteiger partial charge in [-0.3, -0.25) is 4.79 Å². The molecule has 0 aliphatic carbocycles. The first-order valence-corrected chi connectivity index (χ1v) is 14.5. The number of rotatable bonds is 7. The molecule has 226 valence electrons. The maximum Gasteiger partial charge on any atom is 0.418 e. The van der Waals surface area contributed by atoms with Gasteiger partial charge in [-0.2, -0.15) is 26.3 Å². The van der Waals surface area contributed by atoms with Crippen molar-refractivity contribution in [3.8, 4) is 0 Å². The van der Waals surface area contributed by atoms with Crippen molar-refractivity contribution in [2.45, 2.75) is 60.8 Å². The van der Waals surface area contributed by atoms with E-state index in [0.717, 1.165) is 38.1 Å². The number of morpholine rings is 1. The Hall–Kier alpha value is -2.44. The second kappa shape index (κ2) is 12.8. The van der Waals surface area contributed by atoms with Gasteiger partial charge in [0.1, 0.15) is 0 Å². The van der Waals surface area contributed by atoms with E-state index in [1.807, 2.05) is 7.05 Å². The predicted molar refractivity (Wildman–Crippen MR) is 146 cm³/mol. The van der Waals surface area contributed by atoms with Crippen LogP contribution < -0.4 is 5.32 Å². The summed E-state index contributed by atoms with van der Waals surface area (Å²) in [6.07, 6.45) is -8.89. The van der Waals surface area contributed by atoms with Crippen LogP contribution >= 0.6 is 11.8 Å². The molecule has 0 spiro atoms. The third-order valence-electron chi connectivity index (χ3n) is 7.90. The van der Waals surface area contributed by atoms with E-state index < -0.39 is 51.7 Å². The Balaban J connectivity index is 1.71. The number of anilines is 1. The summed E-state index contributed by atoms with van der Waals surface area (Å²) in [6.45, 7) is 5.76. The molecule has 2 aliphatic heterocycles. The van der Waals surface area contributed by atoms with E-state index in [1.165, 1.54) is 18.7 Å². The van der Waals surface area contributed by atoms with E-state index in [1.54, 1.807) is 24.3 Å². The molecule has 0 radical (unpaired) electrons. The van der Waals surface area contributed by atoms with Gasteiger partial charge in [0.2, 0.25) is 5.91 Å². The number of ether oxygens (including phenoxy) is 1. The second-order valence-corrected chi connectivity index (χ2v) is 11.8. The maximum atomic E-state index is 14.5. The van der Waals surface area contributed by atoms with Crippen LogP contribution in [0.15, 0.2) is 46.2 Å². The fourth-order valence-electron chi connectivity index (χ4n) is 5.37. The van der Waals surface area contributed by atoms with Gasteiger partial charge < -0.3 is 19.9 Å².